The molecule has 0 fully saturated rings. The molecule has 0 atom stereocenters. The molecular formula is C48H29N5. The van der Waals surface area contributed by atoms with Crippen LogP contribution < -0.4 is 0 Å². The lowest BCUT2D eigenvalue weighted by Gasteiger charge is -2.19. The molecule has 5 heteroatoms. The van der Waals surface area contributed by atoms with Gasteiger partial charge in [-0.15, -0.1) is 0 Å². The quantitative estimate of drug-likeness (QED) is 0.185. The number of hydrogen-bond donors (Lipinski definition) is 1. The summed E-state index contributed by atoms with van der Waals surface area (Å²) in [6, 6.07) is 60.3. The van der Waals surface area contributed by atoms with Crippen molar-refractivity contribution in [3.05, 3.63) is 175 Å². The number of fused-ring (bicyclic) bond motifs is 11. The first-order valence-electron chi connectivity index (χ1n) is 17.8. The number of nitrogens with one attached hydrogen (secondary N) is 1. The standard InChI is InChI=1S/C48H29N5/c49-28-31-22-25-46(48(39(31)29-50)53-42-19-9-5-15-36(42)37-16-6-10-20-43(37)53)52-44-26-23-32(27-38(44)47-33-12-2-1-11-30(33)21-24-45(47)52)51-40-17-7-3-13-34(40)35-14-4-8-18-41(35)51/h1-28,49H. The maximum Gasteiger partial charge on any atom is 0.102 e. The van der Waals surface area contributed by atoms with Gasteiger partial charge in [-0.2, -0.15) is 5.26 Å². The molecule has 0 unspecified atom stereocenters. The Kier molecular flexibility index (Phi) is 6.11. The van der Waals surface area contributed by atoms with Crippen molar-refractivity contribution in [3.63, 3.8) is 0 Å². The van der Waals surface area contributed by atoms with Gasteiger partial charge in [0.25, 0.3) is 0 Å². The third-order valence-corrected chi connectivity index (χ3v) is 11.0. The fraction of sp³-hybridized carbons (Fsp3) is 0. The Morgan fingerprint density at radius 3 is 1.55 bits per heavy atom. The van der Waals surface area contributed by atoms with Gasteiger partial charge < -0.3 is 19.1 Å². The lowest BCUT2D eigenvalue weighted by Crippen LogP contribution is -2.08. The van der Waals surface area contributed by atoms with Gasteiger partial charge in [-0.25, -0.2) is 0 Å². The molecule has 5 nitrogen and oxygen atoms in total. The molecule has 8 aromatic carbocycles. The van der Waals surface area contributed by atoms with Gasteiger partial charge in [0.05, 0.1) is 50.0 Å². The Hall–Kier alpha value is -7.42. The molecule has 0 saturated carbocycles. The Bertz CT molecular complexity index is 3280. The topological polar surface area (TPSA) is 62.4 Å². The highest BCUT2D eigenvalue weighted by molar-refractivity contribution is 6.22. The van der Waals surface area contributed by atoms with Crippen molar-refractivity contribution in [2.45, 2.75) is 0 Å². The van der Waals surface area contributed by atoms with Gasteiger partial charge in [-0.05, 0) is 71.4 Å². The Morgan fingerprint density at radius 2 is 0.962 bits per heavy atom. The second-order valence-electron chi connectivity index (χ2n) is 13.6. The van der Waals surface area contributed by atoms with Gasteiger partial charge in [0.1, 0.15) is 6.07 Å². The van der Waals surface area contributed by atoms with Crippen LogP contribution in [0.2, 0.25) is 0 Å². The monoisotopic (exact) mass is 675 g/mol. The Balaban J connectivity index is 1.31. The fourth-order valence-corrected chi connectivity index (χ4v) is 8.78. The fourth-order valence-electron chi connectivity index (χ4n) is 8.78. The molecule has 0 amide bonds. The molecule has 1 N–H and O–H groups in total. The minimum atomic E-state index is 0.460. The molecule has 11 rings (SSSR count). The van der Waals surface area contributed by atoms with Gasteiger partial charge in [0.15, 0.2) is 0 Å². The van der Waals surface area contributed by atoms with Crippen molar-refractivity contribution in [2.24, 2.45) is 0 Å². The van der Waals surface area contributed by atoms with E-state index in [1.165, 1.54) is 27.8 Å². The lowest BCUT2D eigenvalue weighted by atomic mass is 10.0. The van der Waals surface area contributed by atoms with Crippen LogP contribution in [0.5, 0.6) is 0 Å². The van der Waals surface area contributed by atoms with Crippen LogP contribution in [0.15, 0.2) is 164 Å². The van der Waals surface area contributed by atoms with Gasteiger partial charge in [0, 0.05) is 49.8 Å². The summed E-state index contributed by atoms with van der Waals surface area (Å²) < 4.78 is 6.91. The number of benzene rings is 8. The average Bonchev–Trinajstić information content (AvgIpc) is 3.86. The predicted molar refractivity (Wildman–Crippen MR) is 220 cm³/mol. The molecule has 11 aromatic rings. The van der Waals surface area contributed by atoms with E-state index in [1.54, 1.807) is 0 Å². The number of hydrogen-bond acceptors (Lipinski definition) is 2. The summed E-state index contributed by atoms with van der Waals surface area (Å²) >= 11 is 0. The summed E-state index contributed by atoms with van der Waals surface area (Å²) in [4.78, 5) is 0. The molecule has 0 radical (unpaired) electrons. The maximum absolute atomic E-state index is 10.9. The predicted octanol–water partition coefficient (Wildman–Crippen LogP) is 12.0. The van der Waals surface area contributed by atoms with Crippen LogP contribution >= 0.6 is 0 Å². The van der Waals surface area contributed by atoms with E-state index in [-0.39, 0.29) is 0 Å². The van der Waals surface area contributed by atoms with Crippen molar-refractivity contribution in [2.75, 3.05) is 0 Å². The molecule has 246 valence electrons. The number of rotatable bonds is 4. The first-order valence-corrected chi connectivity index (χ1v) is 17.8. The zero-order valence-corrected chi connectivity index (χ0v) is 28.5. The summed E-state index contributed by atoms with van der Waals surface area (Å²) in [5.41, 5.74) is 10.2. The van der Waals surface area contributed by atoms with Crippen LogP contribution in [-0.2, 0) is 0 Å². The van der Waals surface area contributed by atoms with Crippen molar-refractivity contribution in [3.8, 4) is 23.1 Å². The van der Waals surface area contributed by atoms with E-state index in [4.69, 9.17) is 5.41 Å². The van der Waals surface area contributed by atoms with E-state index in [1.807, 2.05) is 18.2 Å². The van der Waals surface area contributed by atoms with Crippen LogP contribution in [0.25, 0.3) is 93.3 Å². The van der Waals surface area contributed by atoms with E-state index in [2.05, 4.69) is 165 Å². The van der Waals surface area contributed by atoms with E-state index < -0.39 is 0 Å². The molecule has 0 spiro atoms. The molecule has 0 aliphatic rings. The number of aromatic nitrogens is 3. The van der Waals surface area contributed by atoms with Gasteiger partial charge in [-0.1, -0.05) is 103 Å². The molecule has 0 aliphatic heterocycles. The van der Waals surface area contributed by atoms with Gasteiger partial charge in [0.2, 0.25) is 0 Å². The zero-order chi connectivity index (χ0) is 35.2. The summed E-state index contributed by atoms with van der Waals surface area (Å²) in [5, 5.41) is 28.5. The van der Waals surface area contributed by atoms with Crippen molar-refractivity contribution in [1.29, 1.82) is 10.7 Å². The van der Waals surface area contributed by atoms with Crippen LogP contribution in [-0.4, -0.2) is 19.9 Å². The number of nitrogens with zero attached hydrogens (tertiary/aromatic N) is 4. The van der Waals surface area contributed by atoms with E-state index in [0.717, 1.165) is 71.7 Å². The van der Waals surface area contributed by atoms with E-state index >= 15 is 0 Å². The summed E-state index contributed by atoms with van der Waals surface area (Å²) in [6.45, 7) is 0. The molecule has 53 heavy (non-hydrogen) atoms. The molecule has 0 saturated heterocycles. The molecule has 3 heterocycles. The second kappa shape index (κ2) is 11.0. The average molecular weight is 676 g/mol. The number of para-hydroxylation sites is 4. The summed E-state index contributed by atoms with van der Waals surface area (Å²) in [5.74, 6) is 0. The molecule has 0 bridgehead atoms. The Morgan fingerprint density at radius 1 is 0.453 bits per heavy atom. The van der Waals surface area contributed by atoms with Crippen molar-refractivity contribution < 1.29 is 0 Å². The van der Waals surface area contributed by atoms with Crippen LogP contribution in [0.3, 0.4) is 0 Å². The highest BCUT2D eigenvalue weighted by atomic mass is 15.1. The lowest BCUT2D eigenvalue weighted by molar-refractivity contribution is 1.09. The van der Waals surface area contributed by atoms with Crippen LogP contribution in [0.4, 0.5) is 0 Å². The maximum atomic E-state index is 10.9. The van der Waals surface area contributed by atoms with Crippen molar-refractivity contribution in [1.82, 2.24) is 13.7 Å². The highest BCUT2D eigenvalue weighted by Crippen LogP contribution is 2.43. The molecule has 0 aliphatic carbocycles. The number of nitriles is 1. The Labute approximate surface area is 303 Å². The van der Waals surface area contributed by atoms with Crippen LogP contribution in [0, 0.1) is 16.7 Å². The second-order valence-corrected chi connectivity index (χ2v) is 13.6. The van der Waals surface area contributed by atoms with Crippen molar-refractivity contribution >= 4 is 82.4 Å². The minimum Gasteiger partial charge on any atom is -0.309 e. The highest BCUT2D eigenvalue weighted by Gasteiger charge is 2.24. The van der Waals surface area contributed by atoms with Crippen LogP contribution in [0.1, 0.15) is 11.1 Å². The first-order chi connectivity index (χ1) is 26.2. The summed E-state index contributed by atoms with van der Waals surface area (Å²) in [7, 11) is 0. The smallest absolute Gasteiger partial charge is 0.102 e. The summed E-state index contributed by atoms with van der Waals surface area (Å²) in [6.07, 6.45) is 1.29. The first kappa shape index (κ1) is 29.3. The van der Waals surface area contributed by atoms with Gasteiger partial charge >= 0.3 is 0 Å². The largest absolute Gasteiger partial charge is 0.309 e. The molecule has 3 aromatic heterocycles. The van der Waals surface area contributed by atoms with E-state index in [9.17, 15) is 5.26 Å². The minimum absolute atomic E-state index is 0.460. The molecular weight excluding hydrogens is 647 g/mol. The third-order valence-electron chi connectivity index (χ3n) is 11.0. The zero-order valence-electron chi connectivity index (χ0n) is 28.5. The van der Waals surface area contributed by atoms with Gasteiger partial charge in [-0.3, -0.25) is 0 Å². The van der Waals surface area contributed by atoms with E-state index in [0.29, 0.717) is 11.1 Å². The normalized spacial score (nSPS) is 11.8. The third kappa shape index (κ3) is 3.98. The SMILES string of the molecule is N#Cc1c(C=N)ccc(-n2c3ccc(-n4c5ccccc5c5ccccc54)cc3c3c4ccccc4ccc32)c1-n1c2ccccc2c2ccccc21.